The topological polar surface area (TPSA) is 59.3 Å². The highest BCUT2D eigenvalue weighted by Gasteiger charge is 2.39. The fraction of sp³-hybridized carbons (Fsp3) is 0.758. The zero-order valence-electron chi connectivity index (χ0n) is 24.1. The molecule has 0 saturated heterocycles. The minimum Gasteiger partial charge on any atom is -0.494 e. The number of benzene rings is 1. The zero-order chi connectivity index (χ0) is 26.8. The van der Waals surface area contributed by atoms with E-state index in [1.807, 2.05) is 12.1 Å². The second-order valence-electron chi connectivity index (χ2n) is 11.6. The molecule has 2 rings (SSSR count). The lowest BCUT2D eigenvalue weighted by atomic mass is 9.72. The standard InChI is InChI=1S/C33H53NO3/c1-4-6-8-10-11-13-15-25-36-30-21-23-31(24-22-30)37-32(35)33(3,27-34)26-29-19-17-28(18-20-29)16-14-12-9-7-5-2/h21-24,28-29H,4-20,25-26H2,1-3H3. The molecule has 0 heterocycles. The predicted octanol–water partition coefficient (Wildman–Crippen LogP) is 9.81. The van der Waals surface area contributed by atoms with Gasteiger partial charge in [-0.1, -0.05) is 117 Å². The number of hydrogen-bond donors (Lipinski definition) is 0. The van der Waals surface area contributed by atoms with E-state index in [1.165, 1.54) is 89.9 Å². The monoisotopic (exact) mass is 511 g/mol. The Kier molecular flexibility index (Phi) is 15.4. The molecule has 0 bridgehead atoms. The van der Waals surface area contributed by atoms with Gasteiger partial charge in [-0.3, -0.25) is 0 Å². The Bertz CT molecular complexity index is 776. The third kappa shape index (κ3) is 12.4. The van der Waals surface area contributed by atoms with Crippen LogP contribution in [0.5, 0.6) is 11.5 Å². The third-order valence-corrected chi connectivity index (χ3v) is 8.13. The highest BCUT2D eigenvalue weighted by molar-refractivity contribution is 5.81. The van der Waals surface area contributed by atoms with Gasteiger partial charge in [-0.05, 0) is 55.9 Å². The molecule has 1 saturated carbocycles. The molecular weight excluding hydrogens is 458 g/mol. The summed E-state index contributed by atoms with van der Waals surface area (Å²) in [4.78, 5) is 13.0. The Morgan fingerprint density at radius 1 is 0.811 bits per heavy atom. The maximum absolute atomic E-state index is 13.0. The number of hydrogen-bond acceptors (Lipinski definition) is 4. The molecule has 1 aliphatic carbocycles. The molecule has 0 aromatic heterocycles. The molecule has 208 valence electrons. The fourth-order valence-corrected chi connectivity index (χ4v) is 5.59. The van der Waals surface area contributed by atoms with Gasteiger partial charge in [0.2, 0.25) is 0 Å². The van der Waals surface area contributed by atoms with Gasteiger partial charge < -0.3 is 9.47 Å². The highest BCUT2D eigenvalue weighted by Crippen LogP contribution is 2.39. The fourth-order valence-electron chi connectivity index (χ4n) is 5.59. The third-order valence-electron chi connectivity index (χ3n) is 8.13. The van der Waals surface area contributed by atoms with E-state index in [0.29, 0.717) is 24.7 Å². The molecular formula is C33H53NO3. The van der Waals surface area contributed by atoms with Crippen molar-refractivity contribution in [2.24, 2.45) is 17.3 Å². The second kappa shape index (κ2) is 18.3. The normalized spacial score (nSPS) is 19.1. The molecule has 4 nitrogen and oxygen atoms in total. The summed E-state index contributed by atoms with van der Waals surface area (Å²) in [5, 5.41) is 9.88. The van der Waals surface area contributed by atoms with Crippen molar-refractivity contribution in [1.29, 1.82) is 5.26 Å². The molecule has 0 radical (unpaired) electrons. The molecule has 37 heavy (non-hydrogen) atoms. The summed E-state index contributed by atoms with van der Waals surface area (Å²) in [5.74, 6) is 2.07. The van der Waals surface area contributed by atoms with Crippen molar-refractivity contribution < 1.29 is 14.3 Å². The Morgan fingerprint density at radius 2 is 1.32 bits per heavy atom. The summed E-state index contributed by atoms with van der Waals surface area (Å²) in [6.45, 7) is 6.95. The second-order valence-corrected chi connectivity index (χ2v) is 11.6. The number of nitriles is 1. The van der Waals surface area contributed by atoms with Gasteiger partial charge in [-0.15, -0.1) is 0 Å². The lowest BCUT2D eigenvalue weighted by Crippen LogP contribution is -2.33. The summed E-state index contributed by atoms with van der Waals surface area (Å²) < 4.78 is 11.5. The van der Waals surface area contributed by atoms with Crippen molar-refractivity contribution in [3.8, 4) is 17.6 Å². The molecule has 1 fully saturated rings. The summed E-state index contributed by atoms with van der Waals surface area (Å²) >= 11 is 0. The number of nitrogens with zero attached hydrogens (tertiary/aromatic N) is 1. The van der Waals surface area contributed by atoms with Gasteiger partial charge in [-0.25, -0.2) is 4.79 Å². The van der Waals surface area contributed by atoms with Gasteiger partial charge >= 0.3 is 5.97 Å². The van der Waals surface area contributed by atoms with Crippen molar-refractivity contribution in [2.75, 3.05) is 6.61 Å². The minimum absolute atomic E-state index is 0.427. The molecule has 4 heteroatoms. The summed E-state index contributed by atoms with van der Waals surface area (Å²) in [7, 11) is 0. The molecule has 1 aromatic carbocycles. The van der Waals surface area contributed by atoms with E-state index in [4.69, 9.17) is 9.47 Å². The summed E-state index contributed by atoms with van der Waals surface area (Å²) in [5.41, 5.74) is -1.11. The molecule has 1 unspecified atom stereocenters. The van der Waals surface area contributed by atoms with Gasteiger partial charge in [0.05, 0.1) is 12.7 Å². The molecule has 0 aliphatic heterocycles. The van der Waals surface area contributed by atoms with Crippen LogP contribution in [0.2, 0.25) is 0 Å². The first-order valence-electron chi connectivity index (χ1n) is 15.4. The lowest BCUT2D eigenvalue weighted by Gasteiger charge is -2.32. The van der Waals surface area contributed by atoms with Crippen LogP contribution in [0.15, 0.2) is 24.3 Å². The van der Waals surface area contributed by atoms with Crippen molar-refractivity contribution in [2.45, 2.75) is 136 Å². The molecule has 1 atom stereocenters. The SMILES string of the molecule is CCCCCCCCCOc1ccc(OC(=O)C(C)(C#N)CC2CCC(CCCCCCC)CC2)cc1. The molecule has 1 aromatic rings. The number of ether oxygens (including phenoxy) is 2. The average Bonchev–Trinajstić information content (AvgIpc) is 2.91. The van der Waals surface area contributed by atoms with Crippen LogP contribution in [0.1, 0.15) is 136 Å². The van der Waals surface area contributed by atoms with Crippen LogP contribution in [-0.2, 0) is 4.79 Å². The van der Waals surface area contributed by atoms with E-state index in [2.05, 4.69) is 19.9 Å². The maximum atomic E-state index is 13.0. The Hall–Kier alpha value is -2.02. The van der Waals surface area contributed by atoms with Crippen LogP contribution in [0.3, 0.4) is 0 Å². The van der Waals surface area contributed by atoms with Crippen LogP contribution in [0, 0.1) is 28.6 Å². The maximum Gasteiger partial charge on any atom is 0.331 e. The van der Waals surface area contributed by atoms with Gasteiger partial charge in [0, 0.05) is 0 Å². The smallest absolute Gasteiger partial charge is 0.331 e. The van der Waals surface area contributed by atoms with Crippen molar-refractivity contribution in [3.05, 3.63) is 24.3 Å². The predicted molar refractivity (Wildman–Crippen MR) is 153 cm³/mol. The van der Waals surface area contributed by atoms with Crippen LogP contribution in [0.25, 0.3) is 0 Å². The van der Waals surface area contributed by atoms with Crippen molar-refractivity contribution in [3.63, 3.8) is 0 Å². The lowest BCUT2D eigenvalue weighted by molar-refractivity contribution is -0.142. The first-order chi connectivity index (χ1) is 18.0. The first kappa shape index (κ1) is 31.2. The van der Waals surface area contributed by atoms with E-state index < -0.39 is 11.4 Å². The van der Waals surface area contributed by atoms with Crippen LogP contribution in [0.4, 0.5) is 0 Å². The van der Waals surface area contributed by atoms with Gasteiger partial charge in [0.25, 0.3) is 0 Å². The molecule has 0 amide bonds. The minimum atomic E-state index is -1.11. The average molecular weight is 512 g/mol. The number of esters is 1. The molecule has 1 aliphatic rings. The van der Waals surface area contributed by atoms with E-state index in [0.717, 1.165) is 30.9 Å². The Balaban J connectivity index is 1.69. The summed E-state index contributed by atoms with van der Waals surface area (Å²) in [6, 6.07) is 9.50. The van der Waals surface area contributed by atoms with E-state index in [1.54, 1.807) is 19.1 Å². The van der Waals surface area contributed by atoms with Gasteiger partial charge in [-0.2, -0.15) is 5.26 Å². The van der Waals surface area contributed by atoms with E-state index in [-0.39, 0.29) is 0 Å². The van der Waals surface area contributed by atoms with Crippen molar-refractivity contribution >= 4 is 5.97 Å². The Labute approximate surface area is 227 Å². The largest absolute Gasteiger partial charge is 0.494 e. The first-order valence-corrected chi connectivity index (χ1v) is 15.4. The van der Waals surface area contributed by atoms with Crippen LogP contribution >= 0.6 is 0 Å². The summed E-state index contributed by atoms with van der Waals surface area (Å²) in [6.07, 6.45) is 22.2. The van der Waals surface area contributed by atoms with E-state index >= 15 is 0 Å². The highest BCUT2D eigenvalue weighted by atomic mass is 16.5. The molecule has 0 N–H and O–H groups in total. The van der Waals surface area contributed by atoms with Crippen LogP contribution < -0.4 is 9.47 Å². The Morgan fingerprint density at radius 3 is 1.92 bits per heavy atom. The van der Waals surface area contributed by atoms with Crippen molar-refractivity contribution in [1.82, 2.24) is 0 Å². The van der Waals surface area contributed by atoms with Gasteiger partial charge in [0.1, 0.15) is 11.5 Å². The van der Waals surface area contributed by atoms with Gasteiger partial charge in [0.15, 0.2) is 5.41 Å². The van der Waals surface area contributed by atoms with Crippen LogP contribution in [-0.4, -0.2) is 12.6 Å². The number of rotatable bonds is 19. The quantitative estimate of drug-likeness (QED) is 0.105. The number of carbonyl (C=O) groups is 1. The number of carbonyl (C=O) groups excluding carboxylic acids is 1. The molecule has 0 spiro atoms. The van der Waals surface area contributed by atoms with E-state index in [9.17, 15) is 10.1 Å². The number of unbranched alkanes of at least 4 members (excludes halogenated alkanes) is 10. The zero-order valence-corrected chi connectivity index (χ0v) is 24.1.